The number of Topliss-reactive ketones (excluding diaryl/α,β-unsaturated/α-hetero) is 1. The lowest BCUT2D eigenvalue weighted by molar-refractivity contribution is -0.146. The highest BCUT2D eigenvalue weighted by molar-refractivity contribution is 5.87. The van der Waals surface area contributed by atoms with Crippen LogP contribution in [0.1, 0.15) is 51.9 Å². The molecule has 0 atom stereocenters. The third-order valence-electron chi connectivity index (χ3n) is 2.80. The minimum absolute atomic E-state index is 0.226. The number of carbonyl (C=O) groups is 1. The van der Waals surface area contributed by atoms with E-state index in [0.29, 0.717) is 6.42 Å². The molecule has 0 aromatic carbocycles. The summed E-state index contributed by atoms with van der Waals surface area (Å²) in [5.41, 5.74) is -1.94. The highest BCUT2D eigenvalue weighted by Crippen LogP contribution is 2.12. The minimum Gasteiger partial charge on any atom is -0.393 e. The van der Waals surface area contributed by atoms with E-state index >= 15 is 0 Å². The Kier molecular flexibility index (Phi) is 8.43. The zero-order valence-corrected chi connectivity index (χ0v) is 10.1. The third kappa shape index (κ3) is 5.58. The van der Waals surface area contributed by atoms with Crippen LogP contribution in [-0.2, 0) is 4.79 Å². The highest BCUT2D eigenvalue weighted by atomic mass is 16.4. The van der Waals surface area contributed by atoms with Gasteiger partial charge in [-0.15, -0.1) is 0 Å². The van der Waals surface area contributed by atoms with Gasteiger partial charge in [0.1, 0.15) is 0 Å². The molecule has 0 radical (unpaired) electrons. The summed E-state index contributed by atoms with van der Waals surface area (Å²) >= 11 is 0. The molecule has 0 bridgehead atoms. The summed E-state index contributed by atoms with van der Waals surface area (Å²) < 4.78 is 0. The Bertz CT molecular complexity index is 187. The molecule has 0 spiro atoms. The number of hydrogen-bond acceptors (Lipinski definition) is 4. The molecule has 0 aliphatic rings. The van der Waals surface area contributed by atoms with Crippen LogP contribution >= 0.6 is 0 Å². The van der Waals surface area contributed by atoms with E-state index in [9.17, 15) is 9.90 Å². The fourth-order valence-corrected chi connectivity index (χ4v) is 1.52. The summed E-state index contributed by atoms with van der Waals surface area (Å²) in [5, 5.41) is 27.1. The summed E-state index contributed by atoms with van der Waals surface area (Å²) in [5.74, 6) is -0.465. The van der Waals surface area contributed by atoms with Gasteiger partial charge in [-0.05, 0) is 6.42 Å². The number of aliphatic hydroxyl groups excluding tert-OH is 2. The standard InChI is InChI=1S/C12H24O4/c1-2-3-4-5-6-7-8-11(15)12(16,9-13)10-14/h13-14,16H,2-10H2,1H3. The highest BCUT2D eigenvalue weighted by Gasteiger charge is 2.33. The van der Waals surface area contributed by atoms with E-state index < -0.39 is 24.6 Å². The van der Waals surface area contributed by atoms with E-state index in [2.05, 4.69) is 6.92 Å². The van der Waals surface area contributed by atoms with Crippen LogP contribution < -0.4 is 0 Å². The Balaban J connectivity index is 3.64. The van der Waals surface area contributed by atoms with Gasteiger partial charge in [-0.1, -0.05) is 39.0 Å². The van der Waals surface area contributed by atoms with Gasteiger partial charge in [-0.25, -0.2) is 0 Å². The first-order chi connectivity index (χ1) is 7.60. The van der Waals surface area contributed by atoms with Crippen molar-refractivity contribution in [3.63, 3.8) is 0 Å². The SMILES string of the molecule is CCCCCCCCC(=O)C(O)(CO)CO. The summed E-state index contributed by atoms with van der Waals surface area (Å²) in [6.07, 6.45) is 6.57. The average Bonchev–Trinajstić information content (AvgIpc) is 2.32. The molecule has 0 saturated carbocycles. The molecule has 0 aromatic heterocycles. The topological polar surface area (TPSA) is 77.8 Å². The molecule has 3 N–H and O–H groups in total. The molecular formula is C12H24O4. The van der Waals surface area contributed by atoms with E-state index in [1.807, 2.05) is 0 Å². The van der Waals surface area contributed by atoms with Gasteiger partial charge in [0.15, 0.2) is 11.4 Å². The lowest BCUT2D eigenvalue weighted by Gasteiger charge is -2.21. The Morgan fingerprint density at radius 2 is 1.50 bits per heavy atom. The Labute approximate surface area is 97.3 Å². The van der Waals surface area contributed by atoms with Crippen LogP contribution in [-0.4, -0.2) is 39.9 Å². The van der Waals surface area contributed by atoms with Crippen molar-refractivity contribution in [2.75, 3.05) is 13.2 Å². The molecule has 0 saturated heterocycles. The lowest BCUT2D eigenvalue weighted by Crippen LogP contribution is -2.45. The molecule has 0 aliphatic carbocycles. The van der Waals surface area contributed by atoms with Crippen LogP contribution in [0.25, 0.3) is 0 Å². The first kappa shape index (κ1) is 15.6. The van der Waals surface area contributed by atoms with Crippen molar-refractivity contribution in [3.8, 4) is 0 Å². The quantitative estimate of drug-likeness (QED) is 0.491. The maximum Gasteiger partial charge on any atom is 0.169 e. The summed E-state index contributed by atoms with van der Waals surface area (Å²) in [6.45, 7) is 0.725. The van der Waals surface area contributed by atoms with Crippen LogP contribution in [0.4, 0.5) is 0 Å². The number of unbranched alkanes of at least 4 members (excludes halogenated alkanes) is 5. The molecule has 4 nitrogen and oxygen atoms in total. The largest absolute Gasteiger partial charge is 0.393 e. The molecule has 0 heterocycles. The molecule has 0 aliphatic heterocycles. The van der Waals surface area contributed by atoms with Crippen LogP contribution in [0.15, 0.2) is 0 Å². The zero-order chi connectivity index (χ0) is 12.4. The normalized spacial score (nSPS) is 11.8. The average molecular weight is 232 g/mol. The van der Waals surface area contributed by atoms with E-state index in [1.165, 1.54) is 19.3 Å². The van der Waals surface area contributed by atoms with Crippen molar-refractivity contribution in [2.24, 2.45) is 0 Å². The van der Waals surface area contributed by atoms with Crippen molar-refractivity contribution >= 4 is 5.78 Å². The van der Waals surface area contributed by atoms with Gasteiger partial charge in [-0.2, -0.15) is 0 Å². The molecule has 0 rings (SSSR count). The van der Waals surface area contributed by atoms with Gasteiger partial charge in [-0.3, -0.25) is 4.79 Å². The fraction of sp³-hybridized carbons (Fsp3) is 0.917. The Morgan fingerprint density at radius 3 is 2.00 bits per heavy atom. The first-order valence-corrected chi connectivity index (χ1v) is 6.08. The smallest absolute Gasteiger partial charge is 0.169 e. The summed E-state index contributed by atoms with van der Waals surface area (Å²) in [4.78, 5) is 11.4. The van der Waals surface area contributed by atoms with Crippen molar-refractivity contribution in [3.05, 3.63) is 0 Å². The molecule has 0 aromatic rings. The summed E-state index contributed by atoms with van der Waals surface area (Å²) in [7, 11) is 0. The second kappa shape index (κ2) is 8.67. The number of hydrogen-bond donors (Lipinski definition) is 3. The van der Waals surface area contributed by atoms with Crippen molar-refractivity contribution < 1.29 is 20.1 Å². The minimum atomic E-state index is -1.94. The van der Waals surface area contributed by atoms with Gasteiger partial charge in [0.25, 0.3) is 0 Å². The van der Waals surface area contributed by atoms with Gasteiger partial charge < -0.3 is 15.3 Å². The number of aliphatic hydroxyl groups is 3. The van der Waals surface area contributed by atoms with Crippen LogP contribution in [0, 0.1) is 0 Å². The van der Waals surface area contributed by atoms with Crippen molar-refractivity contribution in [1.29, 1.82) is 0 Å². The molecule has 0 amide bonds. The van der Waals surface area contributed by atoms with E-state index in [0.717, 1.165) is 12.8 Å². The van der Waals surface area contributed by atoms with E-state index in [-0.39, 0.29) is 6.42 Å². The first-order valence-electron chi connectivity index (χ1n) is 6.08. The second-order valence-electron chi connectivity index (χ2n) is 4.29. The predicted octanol–water partition coefficient (Wildman–Crippen LogP) is 1.02. The maximum atomic E-state index is 11.4. The molecule has 96 valence electrons. The van der Waals surface area contributed by atoms with Crippen LogP contribution in [0.3, 0.4) is 0 Å². The zero-order valence-electron chi connectivity index (χ0n) is 10.1. The predicted molar refractivity (Wildman–Crippen MR) is 62.1 cm³/mol. The maximum absolute atomic E-state index is 11.4. The summed E-state index contributed by atoms with van der Waals surface area (Å²) in [6, 6.07) is 0. The van der Waals surface area contributed by atoms with Crippen molar-refractivity contribution in [1.82, 2.24) is 0 Å². The third-order valence-corrected chi connectivity index (χ3v) is 2.80. The van der Waals surface area contributed by atoms with Gasteiger partial charge >= 0.3 is 0 Å². The number of ketones is 1. The Hall–Kier alpha value is -0.450. The molecule has 16 heavy (non-hydrogen) atoms. The lowest BCUT2D eigenvalue weighted by atomic mass is 9.95. The molecule has 0 fully saturated rings. The fourth-order valence-electron chi connectivity index (χ4n) is 1.52. The van der Waals surface area contributed by atoms with Crippen molar-refractivity contribution in [2.45, 2.75) is 57.5 Å². The monoisotopic (exact) mass is 232 g/mol. The molecule has 4 heteroatoms. The van der Waals surface area contributed by atoms with Gasteiger partial charge in [0, 0.05) is 6.42 Å². The van der Waals surface area contributed by atoms with Crippen LogP contribution in [0.5, 0.6) is 0 Å². The Morgan fingerprint density at radius 1 is 1.00 bits per heavy atom. The van der Waals surface area contributed by atoms with E-state index in [1.54, 1.807) is 0 Å². The second-order valence-corrected chi connectivity index (χ2v) is 4.29. The number of rotatable bonds is 10. The van der Waals surface area contributed by atoms with Gasteiger partial charge in [0.2, 0.25) is 0 Å². The molecule has 0 unspecified atom stereocenters. The van der Waals surface area contributed by atoms with Crippen LogP contribution in [0.2, 0.25) is 0 Å². The molecular weight excluding hydrogens is 208 g/mol. The number of carbonyl (C=O) groups excluding carboxylic acids is 1. The van der Waals surface area contributed by atoms with Gasteiger partial charge in [0.05, 0.1) is 13.2 Å². The van der Waals surface area contributed by atoms with E-state index in [4.69, 9.17) is 10.2 Å².